The van der Waals surface area contributed by atoms with Crippen LogP contribution in [-0.4, -0.2) is 42.3 Å². The fourth-order valence-electron chi connectivity index (χ4n) is 3.09. The minimum absolute atomic E-state index is 0.103. The quantitative estimate of drug-likeness (QED) is 0.727. The van der Waals surface area contributed by atoms with Crippen LogP contribution < -0.4 is 0 Å². The number of carbonyl (C=O) groups excluding carboxylic acids is 1. The molecule has 0 saturated carbocycles. The molecule has 0 spiro atoms. The molecule has 0 bridgehead atoms. The first-order valence-corrected chi connectivity index (χ1v) is 8.27. The molecule has 3 aromatic heterocycles. The number of nitrogens with zero attached hydrogens (tertiary/aromatic N) is 6. The van der Waals surface area contributed by atoms with Crippen LogP contribution in [0.2, 0.25) is 0 Å². The van der Waals surface area contributed by atoms with Gasteiger partial charge >= 0.3 is 0 Å². The summed E-state index contributed by atoms with van der Waals surface area (Å²) in [6.07, 6.45) is 7.90. The van der Waals surface area contributed by atoms with Crippen molar-refractivity contribution in [1.82, 2.24) is 29.9 Å². The molecule has 3 aromatic rings. The lowest BCUT2D eigenvalue weighted by atomic mass is 10.0. The molecule has 128 valence electrons. The first-order chi connectivity index (χ1) is 12.2. The van der Waals surface area contributed by atoms with Crippen LogP contribution in [0.25, 0.3) is 11.5 Å². The zero-order valence-corrected chi connectivity index (χ0v) is 13.9. The smallest absolute Gasteiger partial charge is 0.275 e. The summed E-state index contributed by atoms with van der Waals surface area (Å²) in [6.45, 7) is 0.660. The third kappa shape index (κ3) is 3.02. The van der Waals surface area contributed by atoms with Crippen LogP contribution in [0, 0.1) is 0 Å². The van der Waals surface area contributed by atoms with Gasteiger partial charge in [0, 0.05) is 37.7 Å². The van der Waals surface area contributed by atoms with Crippen molar-refractivity contribution in [2.45, 2.75) is 25.3 Å². The number of hydrogen-bond acceptors (Lipinski definition) is 6. The highest BCUT2D eigenvalue weighted by molar-refractivity contribution is 5.92. The molecule has 4 heterocycles. The van der Waals surface area contributed by atoms with Crippen molar-refractivity contribution in [3.8, 4) is 11.5 Å². The summed E-state index contributed by atoms with van der Waals surface area (Å²) in [5.74, 6) is 0.804. The second-order valence-corrected chi connectivity index (χ2v) is 6.07. The van der Waals surface area contributed by atoms with Gasteiger partial charge in [0.25, 0.3) is 5.91 Å². The van der Waals surface area contributed by atoms with Crippen LogP contribution >= 0.6 is 0 Å². The van der Waals surface area contributed by atoms with E-state index in [0.29, 0.717) is 24.0 Å². The van der Waals surface area contributed by atoms with E-state index in [1.807, 2.05) is 12.1 Å². The highest BCUT2D eigenvalue weighted by Gasteiger charge is 2.33. The SMILES string of the molecule is Cn1ccc(C(=O)N2CCCCC2c2nnc(-c3ccncc3)o2)n1. The molecular weight excluding hydrogens is 320 g/mol. The standard InChI is InChI=1S/C17H18N6O2/c1-22-11-7-13(21-22)17(24)23-10-3-2-4-14(23)16-20-19-15(25-16)12-5-8-18-9-6-12/h5-9,11,14H,2-4,10H2,1H3. The van der Waals surface area contributed by atoms with Gasteiger partial charge in [0.05, 0.1) is 0 Å². The fraction of sp³-hybridized carbons (Fsp3) is 0.353. The van der Waals surface area contributed by atoms with Crippen molar-refractivity contribution in [3.05, 3.63) is 48.4 Å². The van der Waals surface area contributed by atoms with E-state index in [0.717, 1.165) is 24.8 Å². The summed E-state index contributed by atoms with van der Waals surface area (Å²) in [7, 11) is 1.80. The van der Waals surface area contributed by atoms with Gasteiger partial charge in [0.1, 0.15) is 11.7 Å². The van der Waals surface area contributed by atoms with Crippen molar-refractivity contribution in [2.24, 2.45) is 7.05 Å². The summed E-state index contributed by atoms with van der Waals surface area (Å²) in [5, 5.41) is 12.5. The Balaban J connectivity index is 1.61. The molecule has 1 atom stereocenters. The molecule has 0 aromatic carbocycles. The van der Waals surface area contributed by atoms with E-state index < -0.39 is 0 Å². The van der Waals surface area contributed by atoms with Gasteiger partial charge in [0.15, 0.2) is 0 Å². The highest BCUT2D eigenvalue weighted by Crippen LogP contribution is 2.32. The second-order valence-electron chi connectivity index (χ2n) is 6.07. The van der Waals surface area contributed by atoms with Crippen molar-refractivity contribution in [1.29, 1.82) is 0 Å². The Morgan fingerprint density at radius 2 is 2.04 bits per heavy atom. The van der Waals surface area contributed by atoms with E-state index in [-0.39, 0.29) is 11.9 Å². The molecular formula is C17H18N6O2. The average Bonchev–Trinajstić information content (AvgIpc) is 3.31. The van der Waals surface area contributed by atoms with Gasteiger partial charge in [-0.2, -0.15) is 5.10 Å². The minimum atomic E-state index is -0.216. The van der Waals surface area contributed by atoms with Gasteiger partial charge in [0.2, 0.25) is 11.8 Å². The first-order valence-electron chi connectivity index (χ1n) is 8.27. The monoisotopic (exact) mass is 338 g/mol. The summed E-state index contributed by atoms with van der Waals surface area (Å²) in [4.78, 5) is 18.6. The van der Waals surface area contributed by atoms with Crippen LogP contribution in [0.4, 0.5) is 0 Å². The Hall–Kier alpha value is -3.03. The van der Waals surface area contributed by atoms with Crippen molar-refractivity contribution in [2.75, 3.05) is 6.54 Å². The van der Waals surface area contributed by atoms with Crippen LogP contribution in [0.1, 0.15) is 41.7 Å². The Bertz CT molecular complexity index is 872. The number of piperidine rings is 1. The zero-order valence-electron chi connectivity index (χ0n) is 13.9. The number of aryl methyl sites for hydroxylation is 1. The molecule has 1 aliphatic rings. The Morgan fingerprint density at radius 3 is 2.80 bits per heavy atom. The molecule has 0 aliphatic carbocycles. The second kappa shape index (κ2) is 6.46. The zero-order chi connectivity index (χ0) is 17.2. The number of carbonyl (C=O) groups is 1. The van der Waals surface area contributed by atoms with Gasteiger partial charge in [-0.25, -0.2) is 0 Å². The lowest BCUT2D eigenvalue weighted by molar-refractivity contribution is 0.0565. The van der Waals surface area contributed by atoms with E-state index in [4.69, 9.17) is 4.42 Å². The van der Waals surface area contributed by atoms with E-state index in [9.17, 15) is 4.79 Å². The molecule has 1 saturated heterocycles. The van der Waals surface area contributed by atoms with E-state index in [1.54, 1.807) is 41.3 Å². The average molecular weight is 338 g/mol. The summed E-state index contributed by atoms with van der Waals surface area (Å²) < 4.78 is 7.49. The van der Waals surface area contributed by atoms with E-state index >= 15 is 0 Å². The normalized spacial score (nSPS) is 17.6. The van der Waals surface area contributed by atoms with Crippen molar-refractivity contribution >= 4 is 5.91 Å². The molecule has 25 heavy (non-hydrogen) atoms. The van der Waals surface area contributed by atoms with E-state index in [2.05, 4.69) is 20.3 Å². The minimum Gasteiger partial charge on any atom is -0.418 e. The third-order valence-corrected chi connectivity index (χ3v) is 4.35. The van der Waals surface area contributed by atoms with E-state index in [1.165, 1.54) is 0 Å². The predicted molar refractivity (Wildman–Crippen MR) is 88.4 cm³/mol. The number of hydrogen-bond donors (Lipinski definition) is 0. The summed E-state index contributed by atoms with van der Waals surface area (Å²) in [5.41, 5.74) is 1.25. The molecule has 1 fully saturated rings. The molecule has 0 radical (unpaired) electrons. The molecule has 4 rings (SSSR count). The van der Waals surface area contributed by atoms with Crippen LogP contribution in [0.5, 0.6) is 0 Å². The van der Waals surface area contributed by atoms with Gasteiger partial charge in [-0.05, 0) is 37.5 Å². The van der Waals surface area contributed by atoms with Crippen molar-refractivity contribution < 1.29 is 9.21 Å². The summed E-state index contributed by atoms with van der Waals surface area (Å²) in [6, 6.07) is 5.14. The molecule has 0 N–H and O–H groups in total. The Kier molecular flexibility index (Phi) is 4.01. The lowest BCUT2D eigenvalue weighted by Crippen LogP contribution is -2.39. The van der Waals surface area contributed by atoms with Crippen molar-refractivity contribution in [3.63, 3.8) is 0 Å². The third-order valence-electron chi connectivity index (χ3n) is 4.35. The fourth-order valence-corrected chi connectivity index (χ4v) is 3.09. The van der Waals surface area contributed by atoms with Gasteiger partial charge in [-0.15, -0.1) is 10.2 Å². The number of amides is 1. The lowest BCUT2D eigenvalue weighted by Gasteiger charge is -2.32. The maximum Gasteiger partial charge on any atom is 0.275 e. The number of aromatic nitrogens is 5. The van der Waals surface area contributed by atoms with Gasteiger partial charge in [-0.3, -0.25) is 14.5 Å². The molecule has 8 heteroatoms. The van der Waals surface area contributed by atoms with Crippen LogP contribution in [0.3, 0.4) is 0 Å². The number of pyridine rings is 1. The first kappa shape index (κ1) is 15.5. The maximum absolute atomic E-state index is 12.8. The van der Waals surface area contributed by atoms with Gasteiger partial charge in [-0.1, -0.05) is 0 Å². The van der Waals surface area contributed by atoms with Crippen LogP contribution in [-0.2, 0) is 7.05 Å². The van der Waals surface area contributed by atoms with Gasteiger partial charge < -0.3 is 9.32 Å². The Labute approximate surface area is 144 Å². The van der Waals surface area contributed by atoms with Crippen LogP contribution in [0.15, 0.2) is 41.2 Å². The molecule has 1 unspecified atom stereocenters. The maximum atomic E-state index is 12.8. The largest absolute Gasteiger partial charge is 0.418 e. The Morgan fingerprint density at radius 1 is 1.20 bits per heavy atom. The molecule has 1 aliphatic heterocycles. The topological polar surface area (TPSA) is 89.9 Å². The predicted octanol–water partition coefficient (Wildman–Crippen LogP) is 2.23. The molecule has 1 amide bonds. The summed E-state index contributed by atoms with van der Waals surface area (Å²) >= 11 is 0. The number of likely N-dealkylation sites (tertiary alicyclic amines) is 1. The highest BCUT2D eigenvalue weighted by atomic mass is 16.4. The molecule has 8 nitrogen and oxygen atoms in total. The number of rotatable bonds is 3.